The summed E-state index contributed by atoms with van der Waals surface area (Å²) in [5.74, 6) is 0.426. The fourth-order valence-corrected chi connectivity index (χ4v) is 3.61. The molecular formula is C18H32O4. The van der Waals surface area contributed by atoms with E-state index in [2.05, 4.69) is 6.92 Å². The van der Waals surface area contributed by atoms with Crippen LogP contribution < -0.4 is 0 Å². The molecule has 1 unspecified atom stereocenters. The number of unbranched alkanes of at least 4 members (excludes halogenated alkanes) is 1. The van der Waals surface area contributed by atoms with Crippen LogP contribution in [0.3, 0.4) is 0 Å². The highest BCUT2D eigenvalue weighted by molar-refractivity contribution is 5.70. The van der Waals surface area contributed by atoms with Gasteiger partial charge in [-0.1, -0.05) is 19.8 Å². The van der Waals surface area contributed by atoms with E-state index in [1.807, 2.05) is 13.8 Å². The van der Waals surface area contributed by atoms with Gasteiger partial charge in [0.25, 0.3) is 0 Å². The molecule has 0 aromatic carbocycles. The summed E-state index contributed by atoms with van der Waals surface area (Å²) in [4.78, 5) is 23.4. The number of hydrogen-bond donors (Lipinski definition) is 0. The molecule has 0 N–H and O–H groups in total. The minimum atomic E-state index is -0.112. The first-order valence-electron chi connectivity index (χ1n) is 8.89. The standard InChI is InChI=1S/C18H32O4/c1-4-7-8-15-9-12-18(15,13-10-16(19)21-5-2)14-11-17(20)22-6-3/h15H,4-14H2,1-3H3. The van der Waals surface area contributed by atoms with Crippen LogP contribution in [0, 0.1) is 11.3 Å². The first-order valence-corrected chi connectivity index (χ1v) is 8.89. The number of ether oxygens (including phenoxy) is 2. The number of rotatable bonds is 11. The van der Waals surface area contributed by atoms with Crippen molar-refractivity contribution in [3.05, 3.63) is 0 Å². The van der Waals surface area contributed by atoms with Gasteiger partial charge in [0.2, 0.25) is 0 Å². The lowest BCUT2D eigenvalue weighted by Crippen LogP contribution is -2.41. The Bertz CT molecular complexity index is 329. The molecule has 0 saturated heterocycles. The third-order valence-corrected chi connectivity index (χ3v) is 5.03. The summed E-state index contributed by atoms with van der Waals surface area (Å²) in [5.41, 5.74) is 0.148. The molecule has 0 aromatic rings. The SMILES string of the molecule is CCCCC1CCC1(CCC(=O)OCC)CCC(=O)OCC. The molecule has 4 heteroatoms. The van der Waals surface area contributed by atoms with Crippen molar-refractivity contribution in [2.45, 2.75) is 78.6 Å². The molecule has 4 nitrogen and oxygen atoms in total. The van der Waals surface area contributed by atoms with Gasteiger partial charge in [-0.25, -0.2) is 0 Å². The van der Waals surface area contributed by atoms with Crippen molar-refractivity contribution in [1.29, 1.82) is 0 Å². The van der Waals surface area contributed by atoms with E-state index >= 15 is 0 Å². The Morgan fingerprint density at radius 1 is 1.00 bits per heavy atom. The smallest absolute Gasteiger partial charge is 0.305 e. The van der Waals surface area contributed by atoms with Gasteiger partial charge < -0.3 is 9.47 Å². The Labute approximate surface area is 134 Å². The minimum Gasteiger partial charge on any atom is -0.466 e. The molecular weight excluding hydrogens is 280 g/mol. The average Bonchev–Trinajstić information content (AvgIpc) is 2.47. The maximum Gasteiger partial charge on any atom is 0.305 e. The van der Waals surface area contributed by atoms with Gasteiger partial charge in [-0.05, 0) is 57.3 Å². The quantitative estimate of drug-likeness (QED) is 0.535. The lowest BCUT2D eigenvalue weighted by Gasteiger charge is -2.50. The van der Waals surface area contributed by atoms with E-state index in [0.717, 1.165) is 19.3 Å². The molecule has 22 heavy (non-hydrogen) atoms. The summed E-state index contributed by atoms with van der Waals surface area (Å²) in [6.45, 7) is 6.75. The summed E-state index contributed by atoms with van der Waals surface area (Å²) < 4.78 is 10.1. The lowest BCUT2D eigenvalue weighted by atomic mass is 9.54. The zero-order chi connectivity index (χ0) is 16.4. The average molecular weight is 312 g/mol. The second-order valence-electron chi connectivity index (χ2n) is 6.35. The summed E-state index contributed by atoms with van der Waals surface area (Å²) in [6.07, 6.45) is 8.62. The maximum atomic E-state index is 11.7. The molecule has 0 heterocycles. The predicted molar refractivity (Wildman–Crippen MR) is 86.4 cm³/mol. The van der Waals surface area contributed by atoms with E-state index in [1.165, 1.54) is 25.7 Å². The molecule has 1 rings (SSSR count). The molecule has 0 bridgehead atoms. The van der Waals surface area contributed by atoms with Crippen LogP contribution in [-0.4, -0.2) is 25.2 Å². The van der Waals surface area contributed by atoms with Crippen molar-refractivity contribution >= 4 is 11.9 Å². The molecule has 0 amide bonds. The monoisotopic (exact) mass is 312 g/mol. The number of hydrogen-bond acceptors (Lipinski definition) is 4. The fourth-order valence-electron chi connectivity index (χ4n) is 3.61. The van der Waals surface area contributed by atoms with Gasteiger partial charge >= 0.3 is 11.9 Å². The molecule has 0 spiro atoms. The Morgan fingerprint density at radius 2 is 1.55 bits per heavy atom. The van der Waals surface area contributed by atoms with E-state index in [0.29, 0.717) is 32.0 Å². The van der Waals surface area contributed by atoms with Gasteiger partial charge in [-0.2, -0.15) is 0 Å². The van der Waals surface area contributed by atoms with Gasteiger partial charge in [-0.3, -0.25) is 9.59 Å². The Balaban J connectivity index is 2.56. The van der Waals surface area contributed by atoms with Crippen LogP contribution in [0.1, 0.15) is 78.6 Å². The fraction of sp³-hybridized carbons (Fsp3) is 0.889. The lowest BCUT2D eigenvalue weighted by molar-refractivity contribution is -0.146. The van der Waals surface area contributed by atoms with Crippen LogP contribution in [-0.2, 0) is 19.1 Å². The molecule has 1 atom stereocenters. The third-order valence-electron chi connectivity index (χ3n) is 5.03. The summed E-state index contributed by atoms with van der Waals surface area (Å²) >= 11 is 0. The summed E-state index contributed by atoms with van der Waals surface area (Å²) in [7, 11) is 0. The second-order valence-corrected chi connectivity index (χ2v) is 6.35. The first-order chi connectivity index (χ1) is 10.6. The van der Waals surface area contributed by atoms with E-state index in [9.17, 15) is 9.59 Å². The molecule has 128 valence electrons. The van der Waals surface area contributed by atoms with Crippen molar-refractivity contribution in [2.24, 2.45) is 11.3 Å². The molecule has 0 aliphatic heterocycles. The van der Waals surface area contributed by atoms with Crippen molar-refractivity contribution in [1.82, 2.24) is 0 Å². The van der Waals surface area contributed by atoms with Crippen molar-refractivity contribution < 1.29 is 19.1 Å². The molecule has 1 aliphatic rings. The van der Waals surface area contributed by atoms with Crippen LogP contribution in [0.15, 0.2) is 0 Å². The van der Waals surface area contributed by atoms with Gasteiger partial charge in [0.1, 0.15) is 0 Å². The Hall–Kier alpha value is -1.06. The third kappa shape index (κ3) is 5.62. The Kier molecular flexibility index (Phi) is 8.51. The zero-order valence-electron chi connectivity index (χ0n) is 14.5. The van der Waals surface area contributed by atoms with Crippen LogP contribution in [0.4, 0.5) is 0 Å². The van der Waals surface area contributed by atoms with Crippen LogP contribution in [0.5, 0.6) is 0 Å². The van der Waals surface area contributed by atoms with Crippen LogP contribution >= 0.6 is 0 Å². The predicted octanol–water partition coefficient (Wildman–Crippen LogP) is 4.26. The zero-order valence-corrected chi connectivity index (χ0v) is 14.5. The van der Waals surface area contributed by atoms with Crippen LogP contribution in [0.2, 0.25) is 0 Å². The van der Waals surface area contributed by atoms with Gasteiger partial charge in [0.05, 0.1) is 13.2 Å². The highest BCUT2D eigenvalue weighted by atomic mass is 16.5. The van der Waals surface area contributed by atoms with Crippen molar-refractivity contribution in [2.75, 3.05) is 13.2 Å². The minimum absolute atomic E-state index is 0.112. The maximum absolute atomic E-state index is 11.7. The topological polar surface area (TPSA) is 52.6 Å². The first kappa shape index (κ1) is 19.0. The van der Waals surface area contributed by atoms with E-state index < -0.39 is 0 Å². The van der Waals surface area contributed by atoms with Crippen molar-refractivity contribution in [3.63, 3.8) is 0 Å². The molecule has 1 aliphatic carbocycles. The highest BCUT2D eigenvalue weighted by Gasteiger charge is 2.45. The number of carbonyl (C=O) groups is 2. The van der Waals surface area contributed by atoms with Gasteiger partial charge in [0.15, 0.2) is 0 Å². The van der Waals surface area contributed by atoms with Gasteiger partial charge in [0, 0.05) is 12.8 Å². The second kappa shape index (κ2) is 9.86. The van der Waals surface area contributed by atoms with E-state index in [1.54, 1.807) is 0 Å². The number of carbonyl (C=O) groups excluding carboxylic acids is 2. The normalized spacial score (nSPS) is 19.3. The summed E-state index contributed by atoms with van der Waals surface area (Å²) in [5, 5.41) is 0. The molecule has 1 fully saturated rings. The largest absolute Gasteiger partial charge is 0.466 e. The van der Waals surface area contributed by atoms with Gasteiger partial charge in [-0.15, -0.1) is 0 Å². The Morgan fingerprint density at radius 3 is 1.91 bits per heavy atom. The van der Waals surface area contributed by atoms with Crippen LogP contribution in [0.25, 0.3) is 0 Å². The number of esters is 2. The van der Waals surface area contributed by atoms with E-state index in [-0.39, 0.29) is 17.4 Å². The highest BCUT2D eigenvalue weighted by Crippen LogP contribution is 2.55. The molecule has 0 aromatic heterocycles. The molecule has 1 saturated carbocycles. The van der Waals surface area contributed by atoms with Crippen molar-refractivity contribution in [3.8, 4) is 0 Å². The summed E-state index contributed by atoms with van der Waals surface area (Å²) in [6, 6.07) is 0. The molecule has 0 radical (unpaired) electrons. The van der Waals surface area contributed by atoms with E-state index in [4.69, 9.17) is 9.47 Å².